The van der Waals surface area contributed by atoms with Gasteiger partial charge in [0.25, 0.3) is 0 Å². The van der Waals surface area contributed by atoms with Crippen LogP contribution in [0.2, 0.25) is 0 Å². The summed E-state index contributed by atoms with van der Waals surface area (Å²) in [6.07, 6.45) is 1.40. The van der Waals surface area contributed by atoms with Crippen LogP contribution in [0.3, 0.4) is 0 Å². The maximum absolute atomic E-state index is 11.7. The molecule has 0 radical (unpaired) electrons. The Morgan fingerprint density at radius 2 is 1.93 bits per heavy atom. The first-order valence-electron chi connectivity index (χ1n) is 5.35. The lowest BCUT2D eigenvalue weighted by Gasteiger charge is -2.23. The Morgan fingerprint density at radius 3 is 2.33 bits per heavy atom. The molecule has 88 valence electrons. The number of hydrogen-bond acceptors (Lipinski definition) is 3. The number of hydrogen-bond donors (Lipinski definition) is 2. The third-order valence-electron chi connectivity index (χ3n) is 2.21. The molecule has 0 spiro atoms. The van der Waals surface area contributed by atoms with Crippen LogP contribution < -0.4 is 11.5 Å². The van der Waals surface area contributed by atoms with E-state index in [1.54, 1.807) is 4.90 Å². The molecule has 0 aliphatic heterocycles. The first-order chi connectivity index (χ1) is 7.02. The van der Waals surface area contributed by atoms with E-state index in [9.17, 15) is 9.59 Å². The van der Waals surface area contributed by atoms with Gasteiger partial charge in [0, 0.05) is 19.5 Å². The van der Waals surface area contributed by atoms with Crippen LogP contribution in [0.25, 0.3) is 0 Å². The number of rotatable bonds is 7. The van der Waals surface area contributed by atoms with Gasteiger partial charge in [-0.15, -0.1) is 0 Å². The number of likely N-dealkylation sites (N-methyl/N-ethyl adjacent to an activating group) is 1. The van der Waals surface area contributed by atoms with E-state index in [0.29, 0.717) is 19.5 Å². The largest absolute Gasteiger partial charge is 0.370 e. The molecule has 4 N–H and O–H groups in total. The molecule has 5 heteroatoms. The highest BCUT2D eigenvalue weighted by Crippen LogP contribution is 2.01. The molecule has 2 amide bonds. The first-order valence-corrected chi connectivity index (χ1v) is 5.35. The van der Waals surface area contributed by atoms with Gasteiger partial charge in [0.2, 0.25) is 11.8 Å². The molecule has 0 rings (SSSR count). The predicted molar refractivity (Wildman–Crippen MR) is 58.9 cm³/mol. The molecule has 0 aliphatic rings. The number of carbonyl (C=O) groups excluding carboxylic acids is 2. The van der Waals surface area contributed by atoms with Crippen LogP contribution in [0, 0.1) is 0 Å². The lowest BCUT2D eigenvalue weighted by molar-refractivity contribution is -0.132. The maximum atomic E-state index is 11.7. The summed E-state index contributed by atoms with van der Waals surface area (Å²) >= 11 is 0. The standard InChI is InChI=1S/C10H21N3O2/c1-3-7-13(4-2)10(15)8(11)5-6-9(12)14/h8H,3-7,11H2,1-2H3,(H2,12,14)/t8-/m0/s1. The number of nitrogens with zero attached hydrogens (tertiary/aromatic N) is 1. The SMILES string of the molecule is CCCN(CC)C(=O)[C@@H](N)CCC(N)=O. The Hall–Kier alpha value is -1.10. The zero-order valence-corrected chi connectivity index (χ0v) is 9.53. The second kappa shape index (κ2) is 7.23. The fourth-order valence-electron chi connectivity index (χ4n) is 1.35. The van der Waals surface area contributed by atoms with Crippen LogP contribution in [-0.2, 0) is 9.59 Å². The van der Waals surface area contributed by atoms with Crippen molar-refractivity contribution in [3.05, 3.63) is 0 Å². The van der Waals surface area contributed by atoms with Crippen molar-refractivity contribution in [1.29, 1.82) is 0 Å². The third-order valence-corrected chi connectivity index (χ3v) is 2.21. The summed E-state index contributed by atoms with van der Waals surface area (Å²) in [4.78, 5) is 24.0. The van der Waals surface area contributed by atoms with Crippen molar-refractivity contribution in [2.75, 3.05) is 13.1 Å². The predicted octanol–water partition coefficient (Wildman–Crippen LogP) is -0.162. The van der Waals surface area contributed by atoms with E-state index in [4.69, 9.17) is 11.5 Å². The lowest BCUT2D eigenvalue weighted by atomic mass is 10.1. The fraction of sp³-hybridized carbons (Fsp3) is 0.800. The minimum absolute atomic E-state index is 0.0967. The van der Waals surface area contributed by atoms with Crippen molar-refractivity contribution >= 4 is 11.8 Å². The molecule has 0 aromatic carbocycles. The number of carbonyl (C=O) groups is 2. The summed E-state index contributed by atoms with van der Waals surface area (Å²) in [6, 6.07) is -0.607. The lowest BCUT2D eigenvalue weighted by Crippen LogP contribution is -2.44. The Labute approximate surface area is 90.8 Å². The van der Waals surface area contributed by atoms with Gasteiger partial charge >= 0.3 is 0 Å². The van der Waals surface area contributed by atoms with E-state index in [1.807, 2.05) is 13.8 Å². The van der Waals surface area contributed by atoms with Gasteiger partial charge in [-0.05, 0) is 19.8 Å². The molecule has 0 aromatic heterocycles. The fourth-order valence-corrected chi connectivity index (χ4v) is 1.35. The Morgan fingerprint density at radius 1 is 1.33 bits per heavy atom. The summed E-state index contributed by atoms with van der Waals surface area (Å²) < 4.78 is 0. The highest BCUT2D eigenvalue weighted by atomic mass is 16.2. The molecule has 0 heterocycles. The van der Waals surface area contributed by atoms with Crippen molar-refractivity contribution in [2.45, 2.75) is 39.2 Å². The molecule has 0 saturated heterocycles. The normalized spacial score (nSPS) is 12.2. The van der Waals surface area contributed by atoms with Crippen LogP contribution in [0.15, 0.2) is 0 Å². The second-order valence-electron chi connectivity index (χ2n) is 3.53. The van der Waals surface area contributed by atoms with Gasteiger partial charge in [0.1, 0.15) is 0 Å². The van der Waals surface area contributed by atoms with E-state index in [0.717, 1.165) is 6.42 Å². The van der Waals surface area contributed by atoms with Gasteiger partial charge in [0.15, 0.2) is 0 Å². The quantitative estimate of drug-likeness (QED) is 0.618. The Bertz CT molecular complexity index is 219. The van der Waals surface area contributed by atoms with E-state index < -0.39 is 11.9 Å². The molecular formula is C10H21N3O2. The molecule has 0 bridgehead atoms. The van der Waals surface area contributed by atoms with Gasteiger partial charge in [-0.1, -0.05) is 6.92 Å². The molecule has 15 heavy (non-hydrogen) atoms. The molecule has 5 nitrogen and oxygen atoms in total. The molecule has 0 fully saturated rings. The van der Waals surface area contributed by atoms with Crippen LogP contribution in [-0.4, -0.2) is 35.8 Å². The van der Waals surface area contributed by atoms with Crippen LogP contribution in [0.4, 0.5) is 0 Å². The van der Waals surface area contributed by atoms with Gasteiger partial charge in [0.05, 0.1) is 6.04 Å². The number of primary amides is 1. The van der Waals surface area contributed by atoms with Crippen molar-refractivity contribution < 1.29 is 9.59 Å². The first kappa shape index (κ1) is 13.9. The monoisotopic (exact) mass is 215 g/mol. The zero-order chi connectivity index (χ0) is 11.8. The van der Waals surface area contributed by atoms with Crippen molar-refractivity contribution in [2.24, 2.45) is 11.5 Å². The average molecular weight is 215 g/mol. The highest BCUT2D eigenvalue weighted by Gasteiger charge is 2.19. The number of nitrogens with two attached hydrogens (primary N) is 2. The minimum Gasteiger partial charge on any atom is -0.370 e. The molecule has 0 saturated carbocycles. The molecule has 0 aromatic rings. The Kier molecular flexibility index (Phi) is 6.70. The van der Waals surface area contributed by atoms with Crippen LogP contribution >= 0.6 is 0 Å². The average Bonchev–Trinajstić information content (AvgIpc) is 2.21. The zero-order valence-electron chi connectivity index (χ0n) is 9.53. The molecule has 1 atom stereocenters. The van der Waals surface area contributed by atoms with Crippen LogP contribution in [0.1, 0.15) is 33.1 Å². The van der Waals surface area contributed by atoms with Crippen molar-refractivity contribution in [3.8, 4) is 0 Å². The second-order valence-corrected chi connectivity index (χ2v) is 3.53. The summed E-state index contributed by atoms with van der Waals surface area (Å²) in [5.74, 6) is -0.516. The van der Waals surface area contributed by atoms with Crippen molar-refractivity contribution in [3.63, 3.8) is 0 Å². The summed E-state index contributed by atoms with van der Waals surface area (Å²) in [5.41, 5.74) is 10.7. The molecule has 0 aliphatic carbocycles. The van der Waals surface area contributed by atoms with Gasteiger partial charge in [-0.25, -0.2) is 0 Å². The van der Waals surface area contributed by atoms with Gasteiger partial charge in [-0.3, -0.25) is 9.59 Å². The molecule has 0 unspecified atom stereocenters. The topological polar surface area (TPSA) is 89.4 Å². The minimum atomic E-state index is -0.607. The number of amides is 2. The van der Waals surface area contributed by atoms with Gasteiger partial charge in [-0.2, -0.15) is 0 Å². The Balaban J connectivity index is 4.09. The van der Waals surface area contributed by atoms with E-state index in [2.05, 4.69) is 0 Å². The van der Waals surface area contributed by atoms with Crippen LogP contribution in [0.5, 0.6) is 0 Å². The summed E-state index contributed by atoms with van der Waals surface area (Å²) in [5, 5.41) is 0. The third kappa shape index (κ3) is 5.37. The summed E-state index contributed by atoms with van der Waals surface area (Å²) in [6.45, 7) is 5.27. The molecular weight excluding hydrogens is 194 g/mol. The smallest absolute Gasteiger partial charge is 0.239 e. The van der Waals surface area contributed by atoms with Crippen molar-refractivity contribution in [1.82, 2.24) is 4.90 Å². The van der Waals surface area contributed by atoms with E-state index >= 15 is 0 Å². The van der Waals surface area contributed by atoms with E-state index in [-0.39, 0.29) is 12.3 Å². The maximum Gasteiger partial charge on any atom is 0.239 e. The summed E-state index contributed by atoms with van der Waals surface area (Å²) in [7, 11) is 0. The van der Waals surface area contributed by atoms with E-state index in [1.165, 1.54) is 0 Å². The highest BCUT2D eigenvalue weighted by molar-refractivity contribution is 5.82. The van der Waals surface area contributed by atoms with Gasteiger partial charge < -0.3 is 16.4 Å².